The van der Waals surface area contributed by atoms with Gasteiger partial charge in [0, 0.05) is 5.57 Å². The monoisotopic (exact) mass is 324 g/mol. The fourth-order valence-electron chi connectivity index (χ4n) is 2.92. The number of ketones is 1. The second kappa shape index (κ2) is 6.40. The summed E-state index contributed by atoms with van der Waals surface area (Å²) in [5, 5.41) is 9.78. The Morgan fingerprint density at radius 1 is 1.25 bits per heavy atom. The molecule has 124 valence electrons. The van der Waals surface area contributed by atoms with Crippen LogP contribution >= 0.6 is 0 Å². The second-order valence-electron chi connectivity index (χ2n) is 5.90. The first-order valence-electron chi connectivity index (χ1n) is 7.94. The van der Waals surface area contributed by atoms with E-state index in [4.69, 9.17) is 9.47 Å². The van der Waals surface area contributed by atoms with Gasteiger partial charge in [-0.1, -0.05) is 12.1 Å². The van der Waals surface area contributed by atoms with Crippen molar-refractivity contribution in [3.05, 3.63) is 58.2 Å². The normalized spacial score (nSPS) is 15.1. The van der Waals surface area contributed by atoms with Crippen molar-refractivity contribution >= 4 is 11.9 Å². The van der Waals surface area contributed by atoms with Crippen molar-refractivity contribution in [3.8, 4) is 17.2 Å². The molecule has 0 amide bonds. The third-order valence-corrected chi connectivity index (χ3v) is 3.97. The number of phenolic OH excluding ortho intramolecular Hbond substituents is 1. The minimum atomic E-state index is -0.0141. The molecule has 0 saturated heterocycles. The van der Waals surface area contributed by atoms with E-state index in [-0.39, 0.29) is 18.1 Å². The first-order chi connectivity index (χ1) is 11.5. The van der Waals surface area contributed by atoms with Crippen molar-refractivity contribution in [2.24, 2.45) is 0 Å². The summed E-state index contributed by atoms with van der Waals surface area (Å²) in [6.07, 6.45) is 1.78. The molecule has 0 fully saturated rings. The Balaban J connectivity index is 1.98. The van der Waals surface area contributed by atoms with Crippen molar-refractivity contribution in [1.82, 2.24) is 0 Å². The fraction of sp³-hybridized carbons (Fsp3) is 0.250. The molecular weight excluding hydrogens is 304 g/mol. The van der Waals surface area contributed by atoms with E-state index in [1.54, 1.807) is 24.3 Å². The number of rotatable bonds is 3. The molecule has 4 nitrogen and oxygen atoms in total. The largest absolute Gasteiger partial charge is 0.504 e. The molecule has 0 atom stereocenters. The van der Waals surface area contributed by atoms with Crippen molar-refractivity contribution in [2.45, 2.75) is 20.8 Å². The van der Waals surface area contributed by atoms with Crippen LogP contribution in [0.5, 0.6) is 17.2 Å². The summed E-state index contributed by atoms with van der Waals surface area (Å²) in [5.74, 6) is 1.13. The number of hydrogen-bond acceptors (Lipinski definition) is 4. The molecule has 2 aromatic rings. The molecule has 1 aliphatic heterocycles. The molecule has 1 aliphatic rings. The number of benzene rings is 2. The zero-order valence-electron chi connectivity index (χ0n) is 14.1. The molecule has 0 unspecified atom stereocenters. The number of Topliss-reactive ketones (excluding diaryl/α,β-unsaturated/α-hetero) is 1. The van der Waals surface area contributed by atoms with E-state index in [1.807, 2.05) is 32.9 Å². The molecule has 0 aromatic heterocycles. The highest BCUT2D eigenvalue weighted by molar-refractivity contribution is 6.14. The van der Waals surface area contributed by atoms with Crippen LogP contribution in [0.4, 0.5) is 0 Å². The van der Waals surface area contributed by atoms with E-state index >= 15 is 0 Å². The predicted molar refractivity (Wildman–Crippen MR) is 93.0 cm³/mol. The van der Waals surface area contributed by atoms with Gasteiger partial charge in [0.2, 0.25) is 0 Å². The minimum absolute atomic E-state index is 0.0141. The lowest BCUT2D eigenvalue weighted by atomic mass is 9.93. The first-order valence-corrected chi connectivity index (χ1v) is 7.94. The summed E-state index contributed by atoms with van der Waals surface area (Å²) in [5.41, 5.74) is 3.99. The van der Waals surface area contributed by atoms with Gasteiger partial charge in [-0.25, -0.2) is 0 Å². The Morgan fingerprint density at radius 2 is 2.04 bits per heavy atom. The van der Waals surface area contributed by atoms with Crippen LogP contribution in [0.1, 0.15) is 34.0 Å². The summed E-state index contributed by atoms with van der Waals surface area (Å²) < 4.78 is 11.2. The van der Waals surface area contributed by atoms with Crippen molar-refractivity contribution < 1.29 is 19.4 Å². The Hall–Kier alpha value is -2.75. The van der Waals surface area contributed by atoms with Crippen molar-refractivity contribution in [3.63, 3.8) is 0 Å². The van der Waals surface area contributed by atoms with E-state index < -0.39 is 0 Å². The number of aromatic hydroxyl groups is 1. The van der Waals surface area contributed by atoms with Gasteiger partial charge in [-0.2, -0.15) is 0 Å². The molecule has 0 radical (unpaired) electrons. The van der Waals surface area contributed by atoms with Crippen LogP contribution in [-0.4, -0.2) is 24.1 Å². The smallest absolute Gasteiger partial charge is 0.196 e. The SMILES string of the molecule is CCOc1cc(/C=C2\COc3cc(C)cc(C)c3C2=O)ccc1O. The van der Waals surface area contributed by atoms with E-state index in [2.05, 4.69) is 0 Å². The maximum atomic E-state index is 12.8. The number of carbonyl (C=O) groups is 1. The maximum absolute atomic E-state index is 12.8. The zero-order chi connectivity index (χ0) is 17.3. The third-order valence-electron chi connectivity index (χ3n) is 3.97. The van der Waals surface area contributed by atoms with Crippen LogP contribution in [0.25, 0.3) is 6.08 Å². The molecule has 4 heteroatoms. The van der Waals surface area contributed by atoms with Gasteiger partial charge in [-0.15, -0.1) is 0 Å². The molecule has 0 aliphatic carbocycles. The molecule has 0 bridgehead atoms. The van der Waals surface area contributed by atoms with Crippen LogP contribution in [0.15, 0.2) is 35.9 Å². The number of aryl methyl sites for hydroxylation is 2. The molecule has 2 aromatic carbocycles. The molecule has 0 saturated carbocycles. The number of phenols is 1. The number of ether oxygens (including phenoxy) is 2. The average molecular weight is 324 g/mol. The Morgan fingerprint density at radius 3 is 2.79 bits per heavy atom. The Kier molecular flexibility index (Phi) is 4.30. The van der Waals surface area contributed by atoms with Crippen molar-refractivity contribution in [2.75, 3.05) is 13.2 Å². The van der Waals surface area contributed by atoms with Crippen molar-refractivity contribution in [1.29, 1.82) is 0 Å². The topological polar surface area (TPSA) is 55.8 Å². The summed E-state index contributed by atoms with van der Waals surface area (Å²) in [6, 6.07) is 8.90. The van der Waals surface area contributed by atoms with Crippen LogP contribution in [0, 0.1) is 13.8 Å². The van der Waals surface area contributed by atoms with E-state index in [0.717, 1.165) is 16.7 Å². The highest BCUT2D eigenvalue weighted by Gasteiger charge is 2.25. The molecular formula is C20H20O4. The summed E-state index contributed by atoms with van der Waals surface area (Å²) in [6.45, 7) is 6.45. The lowest BCUT2D eigenvalue weighted by Gasteiger charge is -2.21. The minimum Gasteiger partial charge on any atom is -0.504 e. The summed E-state index contributed by atoms with van der Waals surface area (Å²) >= 11 is 0. The average Bonchev–Trinajstić information content (AvgIpc) is 2.53. The van der Waals surface area contributed by atoms with Crippen LogP contribution in [0.2, 0.25) is 0 Å². The first kappa shape index (κ1) is 16.1. The highest BCUT2D eigenvalue weighted by Crippen LogP contribution is 2.33. The predicted octanol–water partition coefficient (Wildman–Crippen LogP) is 4.07. The maximum Gasteiger partial charge on any atom is 0.196 e. The highest BCUT2D eigenvalue weighted by atomic mass is 16.5. The van der Waals surface area contributed by atoms with Gasteiger partial charge in [-0.3, -0.25) is 4.79 Å². The molecule has 1 N–H and O–H groups in total. The van der Waals surface area contributed by atoms with E-state index in [0.29, 0.717) is 29.2 Å². The summed E-state index contributed by atoms with van der Waals surface area (Å²) in [4.78, 5) is 12.8. The van der Waals surface area contributed by atoms with Gasteiger partial charge in [0.1, 0.15) is 12.4 Å². The van der Waals surface area contributed by atoms with Gasteiger partial charge < -0.3 is 14.6 Å². The molecule has 24 heavy (non-hydrogen) atoms. The Labute approximate surface area is 141 Å². The van der Waals surface area contributed by atoms with Crippen LogP contribution < -0.4 is 9.47 Å². The summed E-state index contributed by atoms with van der Waals surface area (Å²) in [7, 11) is 0. The second-order valence-corrected chi connectivity index (χ2v) is 5.90. The lowest BCUT2D eigenvalue weighted by Crippen LogP contribution is -2.20. The molecule has 0 spiro atoms. The number of carbonyl (C=O) groups excluding carboxylic acids is 1. The zero-order valence-corrected chi connectivity index (χ0v) is 14.1. The van der Waals surface area contributed by atoms with Gasteiger partial charge in [-0.05, 0) is 61.7 Å². The number of hydrogen-bond donors (Lipinski definition) is 1. The van der Waals surface area contributed by atoms with E-state index in [1.165, 1.54) is 0 Å². The third kappa shape index (κ3) is 3.00. The molecule has 3 rings (SSSR count). The lowest BCUT2D eigenvalue weighted by molar-refractivity contribution is 0.1000. The van der Waals surface area contributed by atoms with Crippen LogP contribution in [0.3, 0.4) is 0 Å². The van der Waals surface area contributed by atoms with Gasteiger partial charge >= 0.3 is 0 Å². The number of fused-ring (bicyclic) bond motifs is 1. The fourth-order valence-corrected chi connectivity index (χ4v) is 2.92. The van der Waals surface area contributed by atoms with Gasteiger partial charge in [0.05, 0.1) is 12.2 Å². The standard InChI is InChI=1S/C20H20O4/c1-4-23-17-10-14(5-6-16(17)21)9-15-11-24-18-8-12(2)7-13(3)19(18)20(15)22/h5-10,21H,4,11H2,1-3H3/b15-9+. The van der Waals surface area contributed by atoms with Gasteiger partial charge in [0.15, 0.2) is 17.3 Å². The quantitative estimate of drug-likeness (QED) is 0.865. The Bertz CT molecular complexity index is 834. The van der Waals surface area contributed by atoms with Crippen LogP contribution in [-0.2, 0) is 0 Å². The molecule has 1 heterocycles. The van der Waals surface area contributed by atoms with E-state index in [9.17, 15) is 9.90 Å². The van der Waals surface area contributed by atoms with Gasteiger partial charge in [0.25, 0.3) is 0 Å².